The van der Waals surface area contributed by atoms with Gasteiger partial charge in [-0.3, -0.25) is 0 Å². The minimum atomic E-state index is -0.300. The maximum atomic E-state index is 13.5. The summed E-state index contributed by atoms with van der Waals surface area (Å²) in [5.41, 5.74) is 5.36. The average Bonchev–Trinajstić information content (AvgIpc) is 2.82. The molecule has 0 heterocycles. The van der Waals surface area contributed by atoms with Crippen molar-refractivity contribution in [2.45, 2.75) is 6.92 Å². The van der Waals surface area contributed by atoms with Gasteiger partial charge in [-0.25, -0.2) is 4.39 Å². The molecule has 0 aromatic heterocycles. The van der Waals surface area contributed by atoms with E-state index in [1.54, 1.807) is 46.6 Å². The number of ether oxygens (including phenoxy) is 4. The smallest absolute Gasteiger partial charge is 0.168 e. The molecule has 3 rings (SSSR count). The van der Waals surface area contributed by atoms with Crippen molar-refractivity contribution >= 4 is 11.6 Å². The van der Waals surface area contributed by atoms with Gasteiger partial charge in [0.1, 0.15) is 5.82 Å². The van der Waals surface area contributed by atoms with Crippen LogP contribution in [0.5, 0.6) is 23.0 Å². The van der Waals surface area contributed by atoms with Crippen molar-refractivity contribution in [1.82, 2.24) is 0 Å². The summed E-state index contributed by atoms with van der Waals surface area (Å²) in [5.74, 6) is 2.17. The van der Waals surface area contributed by atoms with E-state index >= 15 is 0 Å². The molecule has 0 aliphatic rings. The predicted molar refractivity (Wildman–Crippen MR) is 127 cm³/mol. The molecule has 0 radical (unpaired) electrons. The van der Waals surface area contributed by atoms with Gasteiger partial charge in [-0.15, -0.1) is 0 Å². The van der Waals surface area contributed by atoms with Gasteiger partial charge in [-0.1, -0.05) is 24.8 Å². The number of methoxy groups -OCH3 is 4. The number of aryl methyl sites for hydroxylation is 1. The number of rotatable bonds is 8. The summed E-state index contributed by atoms with van der Waals surface area (Å²) in [6.45, 7) is 6.01. The molecule has 166 valence electrons. The maximum Gasteiger partial charge on any atom is 0.168 e. The SMILES string of the molecule is C=C/C(=C\c1cc(OC)c(OC)cc1C)c1cc(OC)c(OC)c(-c2ccc(F)cc2)c1. The van der Waals surface area contributed by atoms with Gasteiger partial charge in [-0.2, -0.15) is 0 Å². The van der Waals surface area contributed by atoms with E-state index in [2.05, 4.69) is 6.58 Å². The van der Waals surface area contributed by atoms with E-state index in [9.17, 15) is 4.39 Å². The van der Waals surface area contributed by atoms with Crippen LogP contribution in [0.25, 0.3) is 22.8 Å². The van der Waals surface area contributed by atoms with Gasteiger partial charge in [0.2, 0.25) is 0 Å². The topological polar surface area (TPSA) is 36.9 Å². The van der Waals surface area contributed by atoms with Gasteiger partial charge in [0, 0.05) is 5.56 Å². The second-order valence-corrected chi connectivity index (χ2v) is 7.13. The second-order valence-electron chi connectivity index (χ2n) is 7.13. The Morgan fingerprint density at radius 1 is 0.812 bits per heavy atom. The fourth-order valence-electron chi connectivity index (χ4n) is 3.55. The van der Waals surface area contributed by atoms with Gasteiger partial charge >= 0.3 is 0 Å². The van der Waals surface area contributed by atoms with Crippen molar-refractivity contribution < 1.29 is 23.3 Å². The molecule has 5 heteroatoms. The van der Waals surface area contributed by atoms with E-state index in [1.807, 2.05) is 37.3 Å². The van der Waals surface area contributed by atoms with Gasteiger partial charge in [0.15, 0.2) is 23.0 Å². The normalized spacial score (nSPS) is 11.1. The van der Waals surface area contributed by atoms with E-state index in [1.165, 1.54) is 12.1 Å². The highest BCUT2D eigenvalue weighted by Gasteiger charge is 2.16. The number of allylic oxidation sites excluding steroid dienone is 2. The van der Waals surface area contributed by atoms with E-state index in [0.29, 0.717) is 23.0 Å². The zero-order valence-electron chi connectivity index (χ0n) is 19.0. The molecular formula is C27H27FO4. The number of hydrogen-bond acceptors (Lipinski definition) is 4. The Morgan fingerprint density at radius 3 is 2.00 bits per heavy atom. The third-order valence-electron chi connectivity index (χ3n) is 5.27. The van der Waals surface area contributed by atoms with Crippen molar-refractivity contribution in [3.8, 4) is 34.1 Å². The molecule has 3 aromatic carbocycles. The van der Waals surface area contributed by atoms with Crippen LogP contribution in [0, 0.1) is 12.7 Å². The Morgan fingerprint density at radius 2 is 1.44 bits per heavy atom. The van der Waals surface area contributed by atoms with Gasteiger partial charge < -0.3 is 18.9 Å². The third kappa shape index (κ3) is 4.62. The van der Waals surface area contributed by atoms with Gasteiger partial charge in [-0.05, 0) is 77.2 Å². The molecule has 0 spiro atoms. The Hall–Kier alpha value is -3.73. The molecule has 4 nitrogen and oxygen atoms in total. The average molecular weight is 435 g/mol. The monoisotopic (exact) mass is 434 g/mol. The van der Waals surface area contributed by atoms with Crippen LogP contribution in [0.4, 0.5) is 4.39 Å². The number of benzene rings is 3. The lowest BCUT2D eigenvalue weighted by Gasteiger charge is -2.16. The van der Waals surface area contributed by atoms with Crippen molar-refractivity contribution in [3.63, 3.8) is 0 Å². The second kappa shape index (κ2) is 10.1. The summed E-state index contributed by atoms with van der Waals surface area (Å²) in [4.78, 5) is 0. The van der Waals surface area contributed by atoms with Crippen LogP contribution in [0.1, 0.15) is 16.7 Å². The molecule has 0 aliphatic carbocycles. The molecule has 0 N–H and O–H groups in total. The summed E-state index contributed by atoms with van der Waals surface area (Å²) < 4.78 is 35.6. The van der Waals surface area contributed by atoms with Crippen LogP contribution < -0.4 is 18.9 Å². The molecule has 0 bridgehead atoms. The third-order valence-corrected chi connectivity index (χ3v) is 5.27. The highest BCUT2D eigenvalue weighted by Crippen LogP contribution is 2.41. The zero-order valence-corrected chi connectivity index (χ0v) is 19.0. The highest BCUT2D eigenvalue weighted by atomic mass is 19.1. The van der Waals surface area contributed by atoms with E-state index in [0.717, 1.165) is 33.4 Å². The number of halogens is 1. The van der Waals surface area contributed by atoms with Crippen LogP contribution in [0.15, 0.2) is 61.2 Å². The van der Waals surface area contributed by atoms with Gasteiger partial charge in [0.25, 0.3) is 0 Å². The lowest BCUT2D eigenvalue weighted by Crippen LogP contribution is -1.96. The van der Waals surface area contributed by atoms with Crippen LogP contribution in [-0.2, 0) is 0 Å². The molecule has 0 fully saturated rings. The Labute approximate surface area is 188 Å². The molecule has 0 atom stereocenters. The van der Waals surface area contributed by atoms with Crippen molar-refractivity contribution in [3.05, 3.63) is 83.7 Å². The molecule has 0 saturated carbocycles. The molecule has 3 aromatic rings. The Kier molecular flexibility index (Phi) is 7.21. The summed E-state index contributed by atoms with van der Waals surface area (Å²) in [6.07, 6.45) is 3.81. The van der Waals surface area contributed by atoms with E-state index in [4.69, 9.17) is 18.9 Å². The number of hydrogen-bond donors (Lipinski definition) is 0. The minimum absolute atomic E-state index is 0.300. The standard InChI is InChI=1S/C27H27FO4/c1-7-18(13-20-15-25(30-4)24(29-3)12-17(20)2)21-14-23(19-8-10-22(28)11-9-19)27(32-6)26(16-21)31-5/h7-16H,1H2,2-6H3/b18-13+. The van der Waals surface area contributed by atoms with Gasteiger partial charge in [0.05, 0.1) is 28.4 Å². The minimum Gasteiger partial charge on any atom is -0.493 e. The molecule has 0 unspecified atom stereocenters. The summed E-state index contributed by atoms with van der Waals surface area (Å²) in [5, 5.41) is 0. The van der Waals surface area contributed by atoms with Crippen LogP contribution in [-0.4, -0.2) is 28.4 Å². The molecule has 0 amide bonds. The van der Waals surface area contributed by atoms with Crippen LogP contribution >= 0.6 is 0 Å². The first-order valence-corrected chi connectivity index (χ1v) is 10.0. The maximum absolute atomic E-state index is 13.5. The van der Waals surface area contributed by atoms with Crippen LogP contribution in [0.3, 0.4) is 0 Å². The van der Waals surface area contributed by atoms with E-state index < -0.39 is 0 Å². The predicted octanol–water partition coefficient (Wildman–Crippen LogP) is 6.56. The molecule has 0 saturated heterocycles. The summed E-state index contributed by atoms with van der Waals surface area (Å²) >= 11 is 0. The van der Waals surface area contributed by atoms with Crippen LogP contribution in [0.2, 0.25) is 0 Å². The Bertz CT molecular complexity index is 1150. The van der Waals surface area contributed by atoms with Crippen molar-refractivity contribution in [2.75, 3.05) is 28.4 Å². The lowest BCUT2D eigenvalue weighted by molar-refractivity contribution is 0.354. The molecular weight excluding hydrogens is 407 g/mol. The fourth-order valence-corrected chi connectivity index (χ4v) is 3.55. The zero-order chi connectivity index (χ0) is 23.3. The first-order valence-electron chi connectivity index (χ1n) is 10.0. The Balaban J connectivity index is 2.20. The largest absolute Gasteiger partial charge is 0.493 e. The molecule has 0 aliphatic heterocycles. The quantitative estimate of drug-likeness (QED) is 0.297. The molecule has 32 heavy (non-hydrogen) atoms. The van der Waals surface area contributed by atoms with E-state index in [-0.39, 0.29) is 5.82 Å². The summed E-state index contributed by atoms with van der Waals surface area (Å²) in [6, 6.07) is 14.0. The first kappa shape index (κ1) is 22.9. The first-order chi connectivity index (χ1) is 15.4. The highest BCUT2D eigenvalue weighted by molar-refractivity contribution is 5.91. The van der Waals surface area contributed by atoms with Crippen molar-refractivity contribution in [2.24, 2.45) is 0 Å². The fraction of sp³-hybridized carbons (Fsp3) is 0.185. The summed E-state index contributed by atoms with van der Waals surface area (Å²) in [7, 11) is 6.40. The lowest BCUT2D eigenvalue weighted by atomic mass is 9.95. The van der Waals surface area contributed by atoms with Crippen molar-refractivity contribution in [1.29, 1.82) is 0 Å².